The van der Waals surface area contributed by atoms with Crippen molar-refractivity contribution in [2.24, 2.45) is 0 Å². The van der Waals surface area contributed by atoms with Crippen molar-refractivity contribution in [2.45, 2.75) is 19.4 Å². The summed E-state index contributed by atoms with van der Waals surface area (Å²) in [6.07, 6.45) is 1.85. The Morgan fingerprint density at radius 3 is 2.86 bits per heavy atom. The fraction of sp³-hybridized carbons (Fsp3) is 0.353. The van der Waals surface area contributed by atoms with Gasteiger partial charge in [0.2, 0.25) is 12.4 Å². The van der Waals surface area contributed by atoms with Gasteiger partial charge in [-0.05, 0) is 29.7 Å². The minimum absolute atomic E-state index is 0.0111. The molecule has 2 aliphatic rings. The molecule has 4 rings (SSSR count). The molecular formula is C17H18N2O3. The second kappa shape index (κ2) is 5.50. The van der Waals surface area contributed by atoms with Gasteiger partial charge in [-0.25, -0.2) is 0 Å². The van der Waals surface area contributed by atoms with Crippen LogP contribution in [-0.2, 0) is 19.4 Å². The molecule has 1 N–H and O–H groups in total. The average Bonchev–Trinajstić information content (AvgIpc) is 2.90. The first kappa shape index (κ1) is 13.4. The van der Waals surface area contributed by atoms with Gasteiger partial charge in [-0.3, -0.25) is 9.69 Å². The fourth-order valence-electron chi connectivity index (χ4n) is 3.12. The molecule has 0 saturated carbocycles. The van der Waals surface area contributed by atoms with E-state index < -0.39 is 0 Å². The van der Waals surface area contributed by atoms with Gasteiger partial charge in [0.05, 0.1) is 0 Å². The molecule has 0 bridgehead atoms. The molecule has 0 aliphatic carbocycles. The van der Waals surface area contributed by atoms with Crippen molar-refractivity contribution in [3.05, 3.63) is 57.5 Å². The SMILES string of the molecule is O=c1ccc2c([nH]1)CCN(Cc1ccc3c(c1)OCO3)CC2. The first-order valence-corrected chi connectivity index (χ1v) is 7.60. The Morgan fingerprint density at radius 1 is 1.05 bits per heavy atom. The van der Waals surface area contributed by atoms with E-state index >= 15 is 0 Å². The first-order valence-electron chi connectivity index (χ1n) is 7.60. The molecule has 0 unspecified atom stereocenters. The van der Waals surface area contributed by atoms with Gasteiger partial charge in [-0.15, -0.1) is 0 Å². The Hall–Kier alpha value is -2.27. The van der Waals surface area contributed by atoms with Gasteiger partial charge in [0.1, 0.15) is 0 Å². The predicted octanol–water partition coefficient (Wildman–Crippen LogP) is 1.70. The maximum atomic E-state index is 11.4. The van der Waals surface area contributed by atoms with Gasteiger partial charge >= 0.3 is 0 Å². The summed E-state index contributed by atoms with van der Waals surface area (Å²) < 4.78 is 10.8. The number of H-pyrrole nitrogens is 1. The number of nitrogens with one attached hydrogen (secondary N) is 1. The van der Waals surface area contributed by atoms with Crippen LogP contribution in [0, 0.1) is 0 Å². The van der Waals surface area contributed by atoms with Crippen LogP contribution in [0.15, 0.2) is 35.1 Å². The molecule has 1 aromatic heterocycles. The average molecular weight is 298 g/mol. The summed E-state index contributed by atoms with van der Waals surface area (Å²) in [5.74, 6) is 1.66. The van der Waals surface area contributed by atoms with Crippen LogP contribution in [0.3, 0.4) is 0 Å². The lowest BCUT2D eigenvalue weighted by molar-refractivity contribution is 0.174. The summed E-state index contributed by atoms with van der Waals surface area (Å²) >= 11 is 0. The quantitative estimate of drug-likeness (QED) is 0.917. The monoisotopic (exact) mass is 298 g/mol. The smallest absolute Gasteiger partial charge is 0.248 e. The zero-order valence-corrected chi connectivity index (χ0v) is 12.3. The second-order valence-corrected chi connectivity index (χ2v) is 5.79. The molecule has 0 atom stereocenters. The second-order valence-electron chi connectivity index (χ2n) is 5.79. The molecule has 2 aliphatic heterocycles. The lowest BCUT2D eigenvalue weighted by Gasteiger charge is -2.19. The summed E-state index contributed by atoms with van der Waals surface area (Å²) in [6.45, 7) is 3.13. The molecular weight excluding hydrogens is 280 g/mol. The lowest BCUT2D eigenvalue weighted by Crippen LogP contribution is -2.26. The largest absolute Gasteiger partial charge is 0.454 e. The van der Waals surface area contributed by atoms with Crippen molar-refractivity contribution in [3.63, 3.8) is 0 Å². The minimum Gasteiger partial charge on any atom is -0.454 e. The third kappa shape index (κ3) is 2.60. The normalized spacial score (nSPS) is 17.1. The molecule has 114 valence electrons. The number of fused-ring (bicyclic) bond motifs is 2. The fourth-order valence-corrected chi connectivity index (χ4v) is 3.12. The van der Waals surface area contributed by atoms with Crippen LogP contribution in [-0.4, -0.2) is 29.8 Å². The molecule has 0 amide bonds. The highest BCUT2D eigenvalue weighted by Gasteiger charge is 2.17. The Kier molecular flexibility index (Phi) is 3.35. The van der Waals surface area contributed by atoms with E-state index in [0.29, 0.717) is 6.79 Å². The maximum absolute atomic E-state index is 11.4. The zero-order chi connectivity index (χ0) is 14.9. The Morgan fingerprint density at radius 2 is 1.91 bits per heavy atom. The van der Waals surface area contributed by atoms with Gasteiger partial charge in [0.25, 0.3) is 0 Å². The van der Waals surface area contributed by atoms with E-state index in [1.807, 2.05) is 12.1 Å². The van der Waals surface area contributed by atoms with Crippen molar-refractivity contribution in [1.82, 2.24) is 9.88 Å². The topological polar surface area (TPSA) is 54.6 Å². The number of hydrogen-bond acceptors (Lipinski definition) is 4. The number of benzene rings is 1. The summed E-state index contributed by atoms with van der Waals surface area (Å²) in [7, 11) is 0. The standard InChI is InChI=1S/C17H18N2O3/c20-17-4-2-13-5-7-19(8-6-14(13)18-17)10-12-1-3-15-16(9-12)22-11-21-15/h1-4,9H,5-8,10-11H2,(H,18,20). The third-order valence-electron chi connectivity index (χ3n) is 4.32. The summed E-state index contributed by atoms with van der Waals surface area (Å²) in [4.78, 5) is 16.8. The summed E-state index contributed by atoms with van der Waals surface area (Å²) in [5.41, 5.74) is 3.56. The van der Waals surface area contributed by atoms with Crippen LogP contribution in [0.2, 0.25) is 0 Å². The van der Waals surface area contributed by atoms with Crippen LogP contribution in [0.5, 0.6) is 11.5 Å². The van der Waals surface area contributed by atoms with Crippen LogP contribution in [0.4, 0.5) is 0 Å². The van der Waals surface area contributed by atoms with Crippen LogP contribution >= 0.6 is 0 Å². The van der Waals surface area contributed by atoms with E-state index in [1.54, 1.807) is 6.07 Å². The Bertz CT molecular complexity index is 754. The van der Waals surface area contributed by atoms with Crippen LogP contribution in [0.1, 0.15) is 16.8 Å². The molecule has 0 saturated heterocycles. The van der Waals surface area contributed by atoms with E-state index in [-0.39, 0.29) is 5.56 Å². The summed E-state index contributed by atoms with van der Waals surface area (Å²) in [5, 5.41) is 0. The van der Waals surface area contributed by atoms with Crippen molar-refractivity contribution >= 4 is 0 Å². The van der Waals surface area contributed by atoms with E-state index in [1.165, 1.54) is 11.1 Å². The van der Waals surface area contributed by atoms with Crippen molar-refractivity contribution in [3.8, 4) is 11.5 Å². The highest BCUT2D eigenvalue weighted by Crippen LogP contribution is 2.32. The molecule has 0 fully saturated rings. The highest BCUT2D eigenvalue weighted by atomic mass is 16.7. The van der Waals surface area contributed by atoms with Gasteiger partial charge in [0.15, 0.2) is 11.5 Å². The number of aromatic amines is 1. The van der Waals surface area contributed by atoms with E-state index in [0.717, 1.165) is 49.7 Å². The molecule has 0 spiro atoms. The van der Waals surface area contributed by atoms with Gasteiger partial charge in [-0.1, -0.05) is 12.1 Å². The van der Waals surface area contributed by atoms with Crippen molar-refractivity contribution in [1.29, 1.82) is 0 Å². The number of ether oxygens (including phenoxy) is 2. The van der Waals surface area contributed by atoms with E-state index in [9.17, 15) is 4.79 Å². The molecule has 2 aromatic rings. The number of pyridine rings is 1. The third-order valence-corrected chi connectivity index (χ3v) is 4.32. The molecule has 22 heavy (non-hydrogen) atoms. The van der Waals surface area contributed by atoms with Gasteiger partial charge in [-0.2, -0.15) is 0 Å². The molecule has 3 heterocycles. The van der Waals surface area contributed by atoms with Crippen LogP contribution in [0.25, 0.3) is 0 Å². The number of aromatic nitrogens is 1. The van der Waals surface area contributed by atoms with Gasteiger partial charge < -0.3 is 14.5 Å². The maximum Gasteiger partial charge on any atom is 0.248 e. The van der Waals surface area contributed by atoms with E-state index in [4.69, 9.17) is 9.47 Å². The van der Waals surface area contributed by atoms with Crippen LogP contribution < -0.4 is 15.0 Å². The van der Waals surface area contributed by atoms with E-state index in [2.05, 4.69) is 22.0 Å². The number of rotatable bonds is 2. The van der Waals surface area contributed by atoms with Crippen molar-refractivity contribution in [2.75, 3.05) is 19.9 Å². The van der Waals surface area contributed by atoms with Crippen molar-refractivity contribution < 1.29 is 9.47 Å². The Labute approximate surface area is 128 Å². The number of nitrogens with zero attached hydrogens (tertiary/aromatic N) is 1. The number of hydrogen-bond donors (Lipinski definition) is 1. The molecule has 5 heteroatoms. The Balaban J connectivity index is 1.48. The first-order chi connectivity index (χ1) is 10.8. The zero-order valence-electron chi connectivity index (χ0n) is 12.3. The molecule has 5 nitrogen and oxygen atoms in total. The lowest BCUT2D eigenvalue weighted by atomic mass is 10.1. The molecule has 1 aromatic carbocycles. The summed E-state index contributed by atoms with van der Waals surface area (Å²) in [6, 6.07) is 9.70. The minimum atomic E-state index is -0.0111. The van der Waals surface area contributed by atoms with Gasteiger partial charge in [0, 0.05) is 37.8 Å². The molecule has 0 radical (unpaired) electrons. The predicted molar refractivity (Wildman–Crippen MR) is 82.3 cm³/mol. The highest BCUT2D eigenvalue weighted by molar-refractivity contribution is 5.44.